The molecule has 0 bridgehead atoms. The summed E-state index contributed by atoms with van der Waals surface area (Å²) in [6, 6.07) is 20.8. The molecule has 2 aromatic carbocycles. The molecule has 0 atom stereocenters. The van der Waals surface area contributed by atoms with E-state index in [0.717, 1.165) is 54.1 Å². The van der Waals surface area contributed by atoms with Crippen LogP contribution in [-0.4, -0.2) is 25.9 Å². The highest BCUT2D eigenvalue weighted by molar-refractivity contribution is 7.17. The van der Waals surface area contributed by atoms with Gasteiger partial charge in [0.05, 0.1) is 27.8 Å². The van der Waals surface area contributed by atoms with Gasteiger partial charge in [-0.2, -0.15) is 5.10 Å². The summed E-state index contributed by atoms with van der Waals surface area (Å²) in [5.41, 5.74) is 8.35. The summed E-state index contributed by atoms with van der Waals surface area (Å²) in [4.78, 5) is 21.5. The first-order valence-electron chi connectivity index (χ1n) is 10.7. The number of hydrogen-bond acceptors (Lipinski definition) is 4. The lowest BCUT2D eigenvalue weighted by atomic mass is 9.99. The molecule has 4 heterocycles. The second-order valence-electron chi connectivity index (χ2n) is 8.20. The molecule has 4 aromatic heterocycles. The number of thiophene rings is 1. The fourth-order valence-electron chi connectivity index (χ4n) is 4.33. The Balaban J connectivity index is 1.49. The van der Waals surface area contributed by atoms with Crippen LogP contribution >= 0.6 is 11.3 Å². The first kappa shape index (κ1) is 19.6. The predicted molar refractivity (Wildman–Crippen MR) is 135 cm³/mol. The molecule has 6 rings (SSSR count). The minimum absolute atomic E-state index is 0.0774. The molecule has 33 heavy (non-hydrogen) atoms. The van der Waals surface area contributed by atoms with Gasteiger partial charge in [-0.05, 0) is 60.9 Å². The third-order valence-electron chi connectivity index (χ3n) is 6.04. The lowest BCUT2D eigenvalue weighted by molar-refractivity contribution is 0.102. The van der Waals surface area contributed by atoms with Crippen LogP contribution in [0.1, 0.15) is 22.2 Å². The molecular weight excluding hydrogens is 428 g/mol. The van der Waals surface area contributed by atoms with Crippen molar-refractivity contribution in [3.63, 3.8) is 0 Å². The molecule has 0 aliphatic heterocycles. The maximum atomic E-state index is 11.8. The SMILES string of the molecule is CC(=O)c1ccc(-c2cncc3[nH]c(-c4n[nH]c5ccc(-c6ccccc6C)cc45)cc23)s1. The highest BCUT2D eigenvalue weighted by atomic mass is 32.1. The van der Waals surface area contributed by atoms with Crippen molar-refractivity contribution in [3.05, 3.63) is 83.5 Å². The molecule has 6 aromatic rings. The van der Waals surface area contributed by atoms with Gasteiger partial charge in [-0.1, -0.05) is 30.3 Å². The summed E-state index contributed by atoms with van der Waals surface area (Å²) in [7, 11) is 0. The number of aromatic nitrogens is 4. The van der Waals surface area contributed by atoms with E-state index in [1.165, 1.54) is 22.5 Å². The van der Waals surface area contributed by atoms with Crippen LogP contribution < -0.4 is 0 Å². The molecule has 0 radical (unpaired) electrons. The first-order chi connectivity index (χ1) is 16.1. The molecule has 0 amide bonds. The van der Waals surface area contributed by atoms with Gasteiger partial charge < -0.3 is 4.98 Å². The first-order valence-corrected chi connectivity index (χ1v) is 11.5. The van der Waals surface area contributed by atoms with Crippen LogP contribution in [-0.2, 0) is 0 Å². The standard InChI is InChI=1S/C27H20N4OS/c1-15-5-3-4-6-18(15)17-7-8-22-20(11-17)27(31-30-22)23-12-19-21(13-28-14-24(19)29-23)26-10-9-25(33-26)16(2)32/h3-14,29H,1-2H3,(H,30,31). The minimum Gasteiger partial charge on any atom is -0.352 e. The molecule has 0 saturated carbocycles. The van der Waals surface area contributed by atoms with Gasteiger partial charge in [-0.25, -0.2) is 0 Å². The van der Waals surface area contributed by atoms with Crippen LogP contribution in [0.5, 0.6) is 0 Å². The number of rotatable bonds is 4. The van der Waals surface area contributed by atoms with Crippen molar-refractivity contribution in [3.8, 4) is 33.0 Å². The largest absolute Gasteiger partial charge is 0.352 e. The summed E-state index contributed by atoms with van der Waals surface area (Å²) in [6.07, 6.45) is 3.68. The van der Waals surface area contributed by atoms with E-state index >= 15 is 0 Å². The van der Waals surface area contributed by atoms with Gasteiger partial charge in [0, 0.05) is 27.4 Å². The van der Waals surface area contributed by atoms with E-state index in [1.807, 2.05) is 24.5 Å². The van der Waals surface area contributed by atoms with Crippen LogP contribution in [0.2, 0.25) is 0 Å². The highest BCUT2D eigenvalue weighted by Crippen LogP contribution is 2.37. The van der Waals surface area contributed by atoms with Crippen LogP contribution in [0.25, 0.3) is 54.8 Å². The van der Waals surface area contributed by atoms with Crippen molar-refractivity contribution in [2.45, 2.75) is 13.8 Å². The number of aryl methyl sites for hydroxylation is 1. The number of benzene rings is 2. The second kappa shape index (κ2) is 7.53. The zero-order chi connectivity index (χ0) is 22.5. The Morgan fingerprint density at radius 1 is 0.909 bits per heavy atom. The number of Topliss-reactive ketones (excluding diaryl/α,β-unsaturated/α-hetero) is 1. The van der Waals surface area contributed by atoms with Crippen LogP contribution in [0.4, 0.5) is 0 Å². The predicted octanol–water partition coefficient (Wildman–Crippen LogP) is 7.01. The zero-order valence-corrected chi connectivity index (χ0v) is 19.0. The van der Waals surface area contributed by atoms with E-state index < -0.39 is 0 Å². The lowest BCUT2D eigenvalue weighted by Crippen LogP contribution is -1.83. The van der Waals surface area contributed by atoms with Gasteiger partial charge in [0.1, 0.15) is 5.69 Å². The molecule has 0 fully saturated rings. The molecule has 2 N–H and O–H groups in total. The third-order valence-corrected chi connectivity index (χ3v) is 7.26. The normalized spacial score (nSPS) is 11.5. The molecule has 0 aliphatic rings. The zero-order valence-electron chi connectivity index (χ0n) is 18.1. The van der Waals surface area contributed by atoms with Crippen LogP contribution in [0.3, 0.4) is 0 Å². The number of nitrogens with one attached hydrogen (secondary N) is 2. The molecule has 6 heteroatoms. The Kier molecular flexibility index (Phi) is 4.48. The summed E-state index contributed by atoms with van der Waals surface area (Å²) in [5, 5.41) is 9.91. The number of carbonyl (C=O) groups is 1. The fraction of sp³-hybridized carbons (Fsp3) is 0.0741. The number of hydrogen-bond donors (Lipinski definition) is 2. The van der Waals surface area contributed by atoms with Crippen molar-refractivity contribution >= 4 is 38.9 Å². The van der Waals surface area contributed by atoms with E-state index in [1.54, 1.807) is 6.92 Å². The smallest absolute Gasteiger partial charge is 0.169 e. The summed E-state index contributed by atoms with van der Waals surface area (Å²) < 4.78 is 0. The lowest BCUT2D eigenvalue weighted by Gasteiger charge is -2.06. The van der Waals surface area contributed by atoms with Crippen molar-refractivity contribution in [2.24, 2.45) is 0 Å². The highest BCUT2D eigenvalue weighted by Gasteiger charge is 2.16. The summed E-state index contributed by atoms with van der Waals surface area (Å²) in [6.45, 7) is 3.72. The number of aromatic amines is 2. The van der Waals surface area contributed by atoms with Gasteiger partial charge in [-0.3, -0.25) is 14.9 Å². The monoisotopic (exact) mass is 448 g/mol. The second-order valence-corrected chi connectivity index (χ2v) is 9.28. The topological polar surface area (TPSA) is 74.4 Å². The molecular formula is C27H20N4OS. The number of pyridine rings is 1. The molecule has 5 nitrogen and oxygen atoms in total. The van der Waals surface area contributed by atoms with Crippen molar-refractivity contribution < 1.29 is 4.79 Å². The number of nitrogens with zero attached hydrogens (tertiary/aromatic N) is 2. The quantitative estimate of drug-likeness (QED) is 0.285. The Morgan fingerprint density at radius 3 is 2.61 bits per heavy atom. The maximum absolute atomic E-state index is 11.8. The van der Waals surface area contributed by atoms with Gasteiger partial charge in [0.15, 0.2) is 5.78 Å². The van der Waals surface area contributed by atoms with E-state index in [2.05, 4.69) is 75.6 Å². The average Bonchev–Trinajstić information content (AvgIpc) is 3.56. The van der Waals surface area contributed by atoms with E-state index in [0.29, 0.717) is 0 Å². The molecule has 0 aliphatic carbocycles. The van der Waals surface area contributed by atoms with E-state index in [9.17, 15) is 4.79 Å². The molecule has 0 saturated heterocycles. The van der Waals surface area contributed by atoms with Gasteiger partial charge in [0.2, 0.25) is 0 Å². The summed E-state index contributed by atoms with van der Waals surface area (Å²) >= 11 is 1.49. The minimum atomic E-state index is 0.0774. The van der Waals surface area contributed by atoms with Gasteiger partial charge in [-0.15, -0.1) is 11.3 Å². The van der Waals surface area contributed by atoms with Crippen molar-refractivity contribution in [2.75, 3.05) is 0 Å². The van der Waals surface area contributed by atoms with E-state index in [-0.39, 0.29) is 5.78 Å². The van der Waals surface area contributed by atoms with Crippen LogP contribution in [0.15, 0.2) is 73.1 Å². The number of ketones is 1. The Bertz CT molecular complexity index is 1670. The molecule has 0 unspecified atom stereocenters. The molecule has 160 valence electrons. The Labute approximate surface area is 194 Å². The Hall–Kier alpha value is -4.03. The van der Waals surface area contributed by atoms with Gasteiger partial charge >= 0.3 is 0 Å². The summed E-state index contributed by atoms with van der Waals surface area (Å²) in [5.74, 6) is 0.0774. The third kappa shape index (κ3) is 3.27. The number of fused-ring (bicyclic) bond motifs is 2. The van der Waals surface area contributed by atoms with Crippen molar-refractivity contribution in [1.82, 2.24) is 20.2 Å². The number of H-pyrrole nitrogens is 2. The average molecular weight is 449 g/mol. The Morgan fingerprint density at radius 2 is 1.79 bits per heavy atom. The number of carbonyl (C=O) groups excluding carboxylic acids is 1. The van der Waals surface area contributed by atoms with Gasteiger partial charge in [0.25, 0.3) is 0 Å². The fourth-order valence-corrected chi connectivity index (χ4v) is 5.26. The molecule has 0 spiro atoms. The van der Waals surface area contributed by atoms with Crippen molar-refractivity contribution in [1.29, 1.82) is 0 Å². The van der Waals surface area contributed by atoms with E-state index in [4.69, 9.17) is 0 Å². The maximum Gasteiger partial charge on any atom is 0.169 e. The van der Waals surface area contributed by atoms with Crippen LogP contribution in [0, 0.1) is 6.92 Å².